The molecular formula is C21H21ClN4O2S. The second kappa shape index (κ2) is 7.72. The van der Waals surface area contributed by atoms with Crippen LogP contribution in [0.15, 0.2) is 42.0 Å². The van der Waals surface area contributed by atoms with Gasteiger partial charge in [0, 0.05) is 48.2 Å². The number of halogens is 1. The van der Waals surface area contributed by atoms with Gasteiger partial charge in [0.25, 0.3) is 5.91 Å². The van der Waals surface area contributed by atoms with E-state index < -0.39 is 5.54 Å². The second-order valence-electron chi connectivity index (χ2n) is 7.28. The lowest BCUT2D eigenvalue weighted by atomic mass is 9.74. The van der Waals surface area contributed by atoms with Crippen LogP contribution in [0.25, 0.3) is 10.6 Å². The number of hydrogen-bond acceptors (Lipinski definition) is 5. The van der Waals surface area contributed by atoms with Crippen molar-refractivity contribution in [3.8, 4) is 10.6 Å². The monoisotopic (exact) mass is 428 g/mol. The molecule has 2 heterocycles. The fraction of sp³-hybridized carbons (Fsp3) is 0.333. The van der Waals surface area contributed by atoms with Gasteiger partial charge in [-0.3, -0.25) is 14.3 Å². The minimum Gasteiger partial charge on any atom is -0.323 e. The predicted molar refractivity (Wildman–Crippen MR) is 113 cm³/mol. The molecule has 0 radical (unpaired) electrons. The molecule has 29 heavy (non-hydrogen) atoms. The number of Topliss-reactive ketones (excluding diaryl/α,β-unsaturated/α-hetero) is 1. The van der Waals surface area contributed by atoms with E-state index in [1.807, 2.05) is 31.4 Å². The zero-order valence-corrected chi connectivity index (χ0v) is 17.8. The Labute approximate surface area is 178 Å². The standard InChI is InChI=1S/C21H21ClN4O2S/c1-25-12-14(11-23-25)19-24-17(13-29-19)20(28)26(2)21(10-6-5-9-18(21)27)15-7-3-4-8-16(15)22/h3-4,7-8,11-13H,5-6,9-10H2,1-2H3. The molecule has 1 aromatic carbocycles. The molecular weight excluding hydrogens is 408 g/mol. The third-order valence-electron chi connectivity index (χ3n) is 5.53. The van der Waals surface area contributed by atoms with E-state index >= 15 is 0 Å². The van der Waals surface area contributed by atoms with Gasteiger partial charge in [-0.25, -0.2) is 4.98 Å². The molecule has 1 saturated carbocycles. The van der Waals surface area contributed by atoms with Gasteiger partial charge in [0.2, 0.25) is 0 Å². The number of rotatable bonds is 4. The molecule has 8 heteroatoms. The molecule has 1 aliphatic carbocycles. The fourth-order valence-electron chi connectivity index (χ4n) is 4.01. The summed E-state index contributed by atoms with van der Waals surface area (Å²) >= 11 is 7.86. The SMILES string of the molecule is CN(C(=O)c1csc(-c2cnn(C)c2)n1)C1(c2ccccc2Cl)CCCCC1=O. The highest BCUT2D eigenvalue weighted by Crippen LogP contribution is 2.42. The van der Waals surface area contributed by atoms with Crippen LogP contribution in [-0.4, -0.2) is 38.4 Å². The maximum Gasteiger partial charge on any atom is 0.274 e. The first kappa shape index (κ1) is 19.8. The maximum atomic E-state index is 13.4. The van der Waals surface area contributed by atoms with Crippen molar-refractivity contribution in [3.63, 3.8) is 0 Å². The number of carbonyl (C=O) groups excluding carboxylic acids is 2. The molecule has 2 aromatic heterocycles. The summed E-state index contributed by atoms with van der Waals surface area (Å²) in [4.78, 5) is 32.6. The van der Waals surface area contributed by atoms with E-state index in [4.69, 9.17) is 11.6 Å². The summed E-state index contributed by atoms with van der Waals surface area (Å²) in [5, 5.41) is 7.10. The third kappa shape index (κ3) is 3.38. The molecule has 1 amide bonds. The largest absolute Gasteiger partial charge is 0.323 e. The number of carbonyl (C=O) groups is 2. The third-order valence-corrected chi connectivity index (χ3v) is 6.75. The summed E-state index contributed by atoms with van der Waals surface area (Å²) < 4.78 is 1.69. The molecule has 6 nitrogen and oxygen atoms in total. The molecule has 1 atom stereocenters. The number of aromatic nitrogens is 3. The number of likely N-dealkylation sites (N-methyl/N-ethyl adjacent to an activating group) is 1. The Balaban J connectivity index is 1.73. The number of nitrogens with zero attached hydrogens (tertiary/aromatic N) is 4. The lowest BCUT2D eigenvalue weighted by Gasteiger charge is -2.43. The van der Waals surface area contributed by atoms with Crippen molar-refractivity contribution in [2.75, 3.05) is 7.05 Å². The normalized spacial score (nSPS) is 19.3. The zero-order chi connectivity index (χ0) is 20.6. The van der Waals surface area contributed by atoms with E-state index in [0.29, 0.717) is 29.1 Å². The maximum absolute atomic E-state index is 13.4. The number of thiazole rings is 1. The first-order chi connectivity index (χ1) is 13.9. The van der Waals surface area contributed by atoms with Crippen LogP contribution in [0.1, 0.15) is 41.7 Å². The summed E-state index contributed by atoms with van der Waals surface area (Å²) in [5.74, 6) is -0.262. The quantitative estimate of drug-likeness (QED) is 0.621. The molecule has 1 fully saturated rings. The first-order valence-electron chi connectivity index (χ1n) is 9.44. The first-order valence-corrected chi connectivity index (χ1v) is 10.7. The minimum absolute atomic E-state index is 0.0235. The predicted octanol–water partition coefficient (Wildman–Crippen LogP) is 4.31. The van der Waals surface area contributed by atoms with E-state index in [2.05, 4.69) is 10.1 Å². The van der Waals surface area contributed by atoms with Crippen LogP contribution in [0.2, 0.25) is 5.02 Å². The van der Waals surface area contributed by atoms with Crippen LogP contribution >= 0.6 is 22.9 Å². The number of aryl methyl sites for hydroxylation is 1. The smallest absolute Gasteiger partial charge is 0.274 e. The molecule has 0 aliphatic heterocycles. The number of ketones is 1. The lowest BCUT2D eigenvalue weighted by molar-refractivity contribution is -0.132. The van der Waals surface area contributed by atoms with Crippen molar-refractivity contribution in [1.82, 2.24) is 19.7 Å². The Kier molecular flexibility index (Phi) is 5.27. The zero-order valence-electron chi connectivity index (χ0n) is 16.3. The summed E-state index contributed by atoms with van der Waals surface area (Å²) in [5.41, 5.74) is 0.797. The number of benzene rings is 1. The molecule has 0 bridgehead atoms. The van der Waals surface area contributed by atoms with Crippen molar-refractivity contribution >= 4 is 34.6 Å². The molecule has 3 aromatic rings. The Morgan fingerprint density at radius 2 is 2.10 bits per heavy atom. The highest BCUT2D eigenvalue weighted by molar-refractivity contribution is 7.13. The van der Waals surface area contributed by atoms with Gasteiger partial charge in [0.1, 0.15) is 16.2 Å². The van der Waals surface area contributed by atoms with E-state index in [-0.39, 0.29) is 11.7 Å². The Morgan fingerprint density at radius 3 is 2.79 bits per heavy atom. The van der Waals surface area contributed by atoms with E-state index in [0.717, 1.165) is 23.4 Å². The van der Waals surface area contributed by atoms with Crippen molar-refractivity contribution in [1.29, 1.82) is 0 Å². The Hall–Kier alpha value is -2.51. The van der Waals surface area contributed by atoms with Gasteiger partial charge in [0.05, 0.1) is 6.20 Å². The molecule has 150 valence electrons. The molecule has 1 aliphatic rings. The van der Waals surface area contributed by atoms with Gasteiger partial charge < -0.3 is 4.90 Å². The van der Waals surface area contributed by atoms with Crippen LogP contribution < -0.4 is 0 Å². The summed E-state index contributed by atoms with van der Waals surface area (Å²) in [6, 6.07) is 7.29. The minimum atomic E-state index is -1.06. The van der Waals surface area contributed by atoms with Gasteiger partial charge in [0.15, 0.2) is 5.78 Å². The highest BCUT2D eigenvalue weighted by Gasteiger charge is 2.48. The summed E-state index contributed by atoms with van der Waals surface area (Å²) in [6.45, 7) is 0. The van der Waals surface area contributed by atoms with Crippen molar-refractivity contribution in [2.24, 2.45) is 7.05 Å². The van der Waals surface area contributed by atoms with Gasteiger partial charge in [-0.1, -0.05) is 29.8 Å². The van der Waals surface area contributed by atoms with E-state index in [1.165, 1.54) is 16.2 Å². The van der Waals surface area contributed by atoms with Gasteiger partial charge in [-0.2, -0.15) is 5.10 Å². The van der Waals surface area contributed by atoms with Crippen molar-refractivity contribution in [2.45, 2.75) is 31.2 Å². The Bertz CT molecular complexity index is 1080. The average Bonchev–Trinajstić information content (AvgIpc) is 3.37. The Morgan fingerprint density at radius 1 is 1.31 bits per heavy atom. The highest BCUT2D eigenvalue weighted by atomic mass is 35.5. The second-order valence-corrected chi connectivity index (χ2v) is 8.54. The fourth-order valence-corrected chi connectivity index (χ4v) is 5.07. The molecule has 1 unspecified atom stereocenters. The van der Waals surface area contributed by atoms with E-state index in [9.17, 15) is 9.59 Å². The van der Waals surface area contributed by atoms with E-state index in [1.54, 1.807) is 29.4 Å². The van der Waals surface area contributed by atoms with Crippen LogP contribution in [0.3, 0.4) is 0 Å². The van der Waals surface area contributed by atoms with Gasteiger partial charge in [-0.15, -0.1) is 11.3 Å². The molecule has 4 rings (SSSR count). The lowest BCUT2D eigenvalue weighted by Crippen LogP contribution is -2.54. The van der Waals surface area contributed by atoms with Gasteiger partial charge >= 0.3 is 0 Å². The molecule has 0 saturated heterocycles. The van der Waals surface area contributed by atoms with Crippen molar-refractivity contribution < 1.29 is 9.59 Å². The number of amides is 1. The van der Waals surface area contributed by atoms with Crippen LogP contribution in [0.4, 0.5) is 0 Å². The van der Waals surface area contributed by atoms with Crippen LogP contribution in [0, 0.1) is 0 Å². The molecule has 0 N–H and O–H groups in total. The topological polar surface area (TPSA) is 68.1 Å². The number of hydrogen-bond donors (Lipinski definition) is 0. The summed E-state index contributed by atoms with van der Waals surface area (Å²) in [7, 11) is 3.51. The van der Waals surface area contributed by atoms with Crippen molar-refractivity contribution in [3.05, 3.63) is 58.3 Å². The van der Waals surface area contributed by atoms with Crippen LogP contribution in [-0.2, 0) is 17.4 Å². The molecule has 0 spiro atoms. The summed E-state index contributed by atoms with van der Waals surface area (Å²) in [6.07, 6.45) is 6.24. The average molecular weight is 429 g/mol. The van der Waals surface area contributed by atoms with Crippen LogP contribution in [0.5, 0.6) is 0 Å². The van der Waals surface area contributed by atoms with Gasteiger partial charge in [-0.05, 0) is 25.3 Å².